The van der Waals surface area contributed by atoms with Crippen LogP contribution in [0, 0.1) is 11.8 Å². The standard InChI is InChI=1S/C11H5Cl2F2N/c12-7-4-8(11(15)16-5-7)6-1-2-9(13)10(14)3-6/h1-5H. The van der Waals surface area contributed by atoms with E-state index >= 15 is 0 Å². The minimum atomic E-state index is -0.703. The van der Waals surface area contributed by atoms with Gasteiger partial charge in [0.1, 0.15) is 5.82 Å². The van der Waals surface area contributed by atoms with Crippen molar-refractivity contribution in [2.24, 2.45) is 0 Å². The molecule has 1 aromatic carbocycles. The highest BCUT2D eigenvalue weighted by molar-refractivity contribution is 6.31. The summed E-state index contributed by atoms with van der Waals surface area (Å²) in [7, 11) is 0. The fourth-order valence-corrected chi connectivity index (χ4v) is 1.56. The maximum absolute atomic E-state index is 13.4. The maximum Gasteiger partial charge on any atom is 0.220 e. The van der Waals surface area contributed by atoms with Gasteiger partial charge >= 0.3 is 0 Å². The molecule has 0 atom stereocenters. The predicted octanol–water partition coefficient (Wildman–Crippen LogP) is 4.33. The molecule has 0 spiro atoms. The van der Waals surface area contributed by atoms with E-state index < -0.39 is 11.8 Å². The van der Waals surface area contributed by atoms with E-state index in [4.69, 9.17) is 23.2 Å². The molecule has 1 nitrogen and oxygen atoms in total. The van der Waals surface area contributed by atoms with Gasteiger partial charge in [-0.05, 0) is 23.8 Å². The van der Waals surface area contributed by atoms with Gasteiger partial charge in [0.2, 0.25) is 5.95 Å². The van der Waals surface area contributed by atoms with Crippen LogP contribution in [0.5, 0.6) is 0 Å². The van der Waals surface area contributed by atoms with Crippen LogP contribution >= 0.6 is 23.2 Å². The summed E-state index contributed by atoms with van der Waals surface area (Å²) in [6.07, 6.45) is 1.19. The van der Waals surface area contributed by atoms with Gasteiger partial charge in [0.15, 0.2) is 0 Å². The molecule has 0 saturated carbocycles. The van der Waals surface area contributed by atoms with E-state index in [1.807, 2.05) is 0 Å². The third-order valence-electron chi connectivity index (χ3n) is 2.04. The second-order valence-corrected chi connectivity index (χ2v) is 3.96. The lowest BCUT2D eigenvalue weighted by atomic mass is 10.1. The second kappa shape index (κ2) is 4.36. The Bertz CT molecular complexity index is 544. The number of hydrogen-bond donors (Lipinski definition) is 0. The van der Waals surface area contributed by atoms with Crippen molar-refractivity contribution < 1.29 is 8.78 Å². The maximum atomic E-state index is 13.4. The molecule has 0 amide bonds. The highest BCUT2D eigenvalue weighted by atomic mass is 35.5. The third-order valence-corrected chi connectivity index (χ3v) is 2.55. The van der Waals surface area contributed by atoms with Crippen LogP contribution in [0.25, 0.3) is 11.1 Å². The van der Waals surface area contributed by atoms with Gasteiger partial charge in [0.25, 0.3) is 0 Å². The molecule has 0 unspecified atom stereocenters. The molecule has 0 radical (unpaired) electrons. The normalized spacial score (nSPS) is 10.5. The van der Waals surface area contributed by atoms with Gasteiger partial charge in [0, 0.05) is 11.8 Å². The van der Waals surface area contributed by atoms with Crippen molar-refractivity contribution in [1.29, 1.82) is 0 Å². The van der Waals surface area contributed by atoms with Crippen LogP contribution in [-0.4, -0.2) is 4.98 Å². The zero-order valence-corrected chi connectivity index (χ0v) is 9.36. The quantitative estimate of drug-likeness (QED) is 0.695. The molecular weight excluding hydrogens is 255 g/mol. The summed E-state index contributed by atoms with van der Waals surface area (Å²) in [6.45, 7) is 0. The Kier molecular flexibility index (Phi) is 3.08. The summed E-state index contributed by atoms with van der Waals surface area (Å²) >= 11 is 11.2. The van der Waals surface area contributed by atoms with Gasteiger partial charge in [0.05, 0.1) is 10.0 Å². The molecule has 0 N–H and O–H groups in total. The Labute approximate surface area is 101 Å². The van der Waals surface area contributed by atoms with E-state index in [0.29, 0.717) is 5.56 Å². The van der Waals surface area contributed by atoms with E-state index in [1.165, 1.54) is 24.4 Å². The number of hydrogen-bond acceptors (Lipinski definition) is 1. The number of benzene rings is 1. The summed E-state index contributed by atoms with van der Waals surface area (Å²) in [5, 5.41) is 0.269. The predicted molar refractivity (Wildman–Crippen MR) is 59.6 cm³/mol. The highest BCUT2D eigenvalue weighted by Gasteiger charge is 2.09. The van der Waals surface area contributed by atoms with Crippen LogP contribution in [-0.2, 0) is 0 Å². The SMILES string of the molecule is Fc1cc(-c2cc(Cl)cnc2F)ccc1Cl. The average molecular weight is 260 g/mol. The molecule has 0 saturated heterocycles. The zero-order chi connectivity index (χ0) is 11.7. The van der Waals surface area contributed by atoms with Crippen molar-refractivity contribution in [3.05, 3.63) is 52.3 Å². The fourth-order valence-electron chi connectivity index (χ4n) is 1.29. The lowest BCUT2D eigenvalue weighted by molar-refractivity contribution is 0.587. The van der Waals surface area contributed by atoms with Crippen molar-refractivity contribution in [3.8, 4) is 11.1 Å². The monoisotopic (exact) mass is 259 g/mol. The van der Waals surface area contributed by atoms with E-state index in [9.17, 15) is 8.78 Å². The summed E-state index contributed by atoms with van der Waals surface area (Å²) < 4.78 is 26.6. The van der Waals surface area contributed by atoms with Crippen LogP contribution in [0.1, 0.15) is 0 Å². The van der Waals surface area contributed by atoms with Crippen LogP contribution in [0.3, 0.4) is 0 Å². The average Bonchev–Trinajstić information content (AvgIpc) is 2.26. The smallest absolute Gasteiger partial charge is 0.220 e. The number of halogens is 4. The number of rotatable bonds is 1. The van der Waals surface area contributed by atoms with Crippen molar-refractivity contribution in [2.45, 2.75) is 0 Å². The molecule has 0 aliphatic heterocycles. The van der Waals surface area contributed by atoms with Crippen molar-refractivity contribution in [1.82, 2.24) is 4.98 Å². The first-order valence-corrected chi connectivity index (χ1v) is 5.10. The largest absolute Gasteiger partial charge is 0.226 e. The Hall–Kier alpha value is -1.19. The van der Waals surface area contributed by atoms with Gasteiger partial charge in [-0.2, -0.15) is 4.39 Å². The Morgan fingerprint density at radius 3 is 2.50 bits per heavy atom. The third kappa shape index (κ3) is 2.15. The summed E-state index contributed by atoms with van der Waals surface area (Å²) in [5.74, 6) is -1.32. The lowest BCUT2D eigenvalue weighted by Crippen LogP contribution is -1.89. The molecule has 0 aliphatic rings. The molecule has 0 bridgehead atoms. The van der Waals surface area contributed by atoms with Gasteiger partial charge in [-0.15, -0.1) is 0 Å². The van der Waals surface area contributed by atoms with E-state index in [2.05, 4.69) is 4.98 Å². The van der Waals surface area contributed by atoms with Gasteiger partial charge in [-0.25, -0.2) is 9.37 Å². The molecule has 82 valence electrons. The molecule has 1 heterocycles. The first-order chi connectivity index (χ1) is 7.58. The second-order valence-electron chi connectivity index (χ2n) is 3.12. The minimum absolute atomic E-state index is 0.0147. The minimum Gasteiger partial charge on any atom is -0.226 e. The van der Waals surface area contributed by atoms with Crippen LogP contribution in [0.15, 0.2) is 30.5 Å². The fraction of sp³-hybridized carbons (Fsp3) is 0. The van der Waals surface area contributed by atoms with E-state index in [1.54, 1.807) is 0 Å². The number of nitrogens with zero attached hydrogens (tertiary/aromatic N) is 1. The lowest BCUT2D eigenvalue weighted by Gasteiger charge is -2.04. The van der Waals surface area contributed by atoms with E-state index in [0.717, 1.165) is 6.07 Å². The van der Waals surface area contributed by atoms with Gasteiger partial charge < -0.3 is 0 Å². The van der Waals surface area contributed by atoms with Gasteiger partial charge in [-0.1, -0.05) is 29.3 Å². The van der Waals surface area contributed by atoms with Crippen LogP contribution in [0.2, 0.25) is 10.0 Å². The van der Waals surface area contributed by atoms with Crippen LogP contribution in [0.4, 0.5) is 8.78 Å². The molecule has 5 heteroatoms. The molecular formula is C11H5Cl2F2N. The molecule has 2 aromatic rings. The van der Waals surface area contributed by atoms with Crippen molar-refractivity contribution >= 4 is 23.2 Å². The summed E-state index contributed by atoms with van der Waals surface area (Å²) in [4.78, 5) is 3.45. The molecule has 1 aromatic heterocycles. The summed E-state index contributed by atoms with van der Waals surface area (Å²) in [6, 6.07) is 5.37. The molecule has 2 rings (SSSR count). The first kappa shape index (κ1) is 11.3. The van der Waals surface area contributed by atoms with E-state index in [-0.39, 0.29) is 15.6 Å². The first-order valence-electron chi connectivity index (χ1n) is 4.34. The summed E-state index contributed by atoms with van der Waals surface area (Å²) in [5.41, 5.74) is 0.484. The van der Waals surface area contributed by atoms with Crippen molar-refractivity contribution in [3.63, 3.8) is 0 Å². The number of aromatic nitrogens is 1. The topological polar surface area (TPSA) is 12.9 Å². The zero-order valence-electron chi connectivity index (χ0n) is 7.85. The highest BCUT2D eigenvalue weighted by Crippen LogP contribution is 2.27. The van der Waals surface area contributed by atoms with Gasteiger partial charge in [-0.3, -0.25) is 0 Å². The van der Waals surface area contributed by atoms with Crippen LogP contribution < -0.4 is 0 Å². The molecule has 16 heavy (non-hydrogen) atoms. The Balaban J connectivity index is 2.58. The van der Waals surface area contributed by atoms with Crippen molar-refractivity contribution in [2.75, 3.05) is 0 Å². The molecule has 0 aliphatic carbocycles. The Morgan fingerprint density at radius 1 is 1.06 bits per heavy atom. The molecule has 0 fully saturated rings. The number of pyridine rings is 1. The Morgan fingerprint density at radius 2 is 1.81 bits per heavy atom.